The summed E-state index contributed by atoms with van der Waals surface area (Å²) in [5.74, 6) is 0. The van der Waals surface area contributed by atoms with Gasteiger partial charge in [0.25, 0.3) is 0 Å². The molecule has 0 aromatic rings. The third-order valence-corrected chi connectivity index (χ3v) is 0. The second-order valence-corrected chi connectivity index (χ2v) is 8.77. The maximum absolute atomic E-state index is 11.4. The van der Waals surface area contributed by atoms with Crippen molar-refractivity contribution in [1.82, 2.24) is 0 Å². The third kappa shape index (κ3) is 93.3. The molecule has 48 valence electrons. The molecule has 8 heteroatoms. The van der Waals surface area contributed by atoms with Gasteiger partial charge in [-0.2, -0.15) is 0 Å². The first kappa shape index (κ1) is 12.7. The third-order valence-electron chi connectivity index (χ3n) is 0. The van der Waals surface area contributed by atoms with Gasteiger partial charge in [0, 0.05) is 0 Å². The Hall–Kier alpha value is 2.09. The molecule has 0 N–H and O–H groups in total. The summed E-state index contributed by atoms with van der Waals surface area (Å²) in [4.78, 5) is 0. The molecule has 0 saturated heterocycles. The van der Waals surface area contributed by atoms with Gasteiger partial charge in [0.15, 0.2) is 0 Å². The van der Waals surface area contributed by atoms with E-state index in [0.717, 1.165) is 0 Å². The molecule has 0 aromatic carbocycles. The summed E-state index contributed by atoms with van der Waals surface area (Å²) < 4.78 is 59.6. The SMILES string of the molecule is [F][Hf]([F])([F])([F])([F])[F].[KH]. The molecule has 0 aliphatic rings. The van der Waals surface area contributed by atoms with Gasteiger partial charge < -0.3 is 0 Å². The van der Waals surface area contributed by atoms with Gasteiger partial charge in [-0.05, 0) is 0 Å². The Labute approximate surface area is 86.1 Å². The molecule has 0 aliphatic carbocycles. The molecule has 0 fully saturated rings. The van der Waals surface area contributed by atoms with E-state index in [4.69, 9.17) is 0 Å². The van der Waals surface area contributed by atoms with Crippen LogP contribution in [0.25, 0.3) is 0 Å². The van der Waals surface area contributed by atoms with Crippen LogP contribution in [-0.4, -0.2) is 51.4 Å². The molecule has 8 heavy (non-hydrogen) atoms. The zero-order chi connectivity index (χ0) is 6.41. The molecule has 0 aliphatic heterocycles. The van der Waals surface area contributed by atoms with E-state index in [2.05, 4.69) is 0 Å². The zero-order valence-corrected chi connectivity index (χ0v) is 6.36. The van der Waals surface area contributed by atoms with E-state index in [9.17, 15) is 16.0 Å². The predicted molar refractivity (Wildman–Crippen MR) is 13.8 cm³/mol. The number of hydrogen-bond donors (Lipinski definition) is 0. The van der Waals surface area contributed by atoms with Gasteiger partial charge in [0.2, 0.25) is 0 Å². The molecular formula is HF6HfK. The maximum atomic E-state index is 9.94. The van der Waals surface area contributed by atoms with E-state index in [1.54, 1.807) is 0 Å². The van der Waals surface area contributed by atoms with Crippen molar-refractivity contribution in [2.75, 3.05) is 0 Å². The van der Waals surface area contributed by atoms with Gasteiger partial charge >= 0.3 is 88.0 Å². The summed E-state index contributed by atoms with van der Waals surface area (Å²) in [5, 5.41) is 0. The van der Waals surface area contributed by atoms with E-state index in [1.807, 2.05) is 0 Å². The minimum atomic E-state index is -11.4. The summed E-state index contributed by atoms with van der Waals surface area (Å²) >= 11 is -11.4. The summed E-state index contributed by atoms with van der Waals surface area (Å²) in [7, 11) is 0. The molecule has 0 bridgehead atoms. The van der Waals surface area contributed by atoms with Crippen molar-refractivity contribution in [1.29, 1.82) is 0 Å². The second kappa shape index (κ2) is 2.04. The van der Waals surface area contributed by atoms with Gasteiger partial charge in [-0.25, -0.2) is 0 Å². The Morgan fingerprint density at radius 3 is 0.625 bits per heavy atom. The van der Waals surface area contributed by atoms with E-state index >= 15 is 0 Å². The summed E-state index contributed by atoms with van der Waals surface area (Å²) in [6.07, 6.45) is 0. The molecule has 0 heterocycles. The van der Waals surface area contributed by atoms with Gasteiger partial charge in [0.05, 0.1) is 0 Å². The molecule has 0 radical (unpaired) electrons. The molecule has 0 unspecified atom stereocenters. The topological polar surface area (TPSA) is 0 Å². The average Bonchev–Trinajstić information content (AvgIpc) is 0.592. The Balaban J connectivity index is 0. The van der Waals surface area contributed by atoms with Crippen molar-refractivity contribution in [2.24, 2.45) is 0 Å². The number of rotatable bonds is 0. The first-order valence-corrected chi connectivity index (χ1v) is 9.28. The molecule has 0 amide bonds. The molecule has 0 saturated carbocycles. The van der Waals surface area contributed by atoms with Crippen LogP contribution in [0.4, 0.5) is 16.0 Å². The summed E-state index contributed by atoms with van der Waals surface area (Å²) in [6, 6.07) is 0. The molecule has 0 aromatic heterocycles. The van der Waals surface area contributed by atoms with Gasteiger partial charge in [-0.1, -0.05) is 0 Å². The van der Waals surface area contributed by atoms with Crippen LogP contribution < -0.4 is 0 Å². The predicted octanol–water partition coefficient (Wildman–Crippen LogP) is 1.87. The average molecular weight is 333 g/mol. The van der Waals surface area contributed by atoms with Crippen molar-refractivity contribution in [2.45, 2.75) is 0 Å². The fraction of sp³-hybridized carbons (Fsp3) is 0. The van der Waals surface area contributed by atoms with Crippen molar-refractivity contribution in [3.8, 4) is 0 Å². The number of halogens is 6. The molecule has 0 atom stereocenters. The van der Waals surface area contributed by atoms with Crippen LogP contribution in [0, 0.1) is 0 Å². The fourth-order valence-corrected chi connectivity index (χ4v) is 0. The van der Waals surface area contributed by atoms with Gasteiger partial charge in [0.1, 0.15) is 0 Å². The van der Waals surface area contributed by atoms with Crippen molar-refractivity contribution < 1.29 is 36.6 Å². The standard InChI is InChI=1S/6FH.Hf.K.H/h6*1H;;;/q;;;;;;+6;;/p-6. The Morgan fingerprint density at radius 1 is 0.625 bits per heavy atom. The molecular weight excluding hydrogens is 332 g/mol. The summed E-state index contributed by atoms with van der Waals surface area (Å²) in [5.41, 5.74) is 0. The quantitative estimate of drug-likeness (QED) is 0.469. The minimum absolute atomic E-state index is 0. The van der Waals surface area contributed by atoms with E-state index in [0.29, 0.717) is 0 Å². The number of hydrogen-bond acceptors (Lipinski definition) is 0. The second-order valence-electron chi connectivity index (χ2n) is 1.07. The first-order valence-electron chi connectivity index (χ1n) is 1.13. The van der Waals surface area contributed by atoms with E-state index < -0.39 is 20.7 Å². The molecule has 0 rings (SSSR count). The van der Waals surface area contributed by atoms with Crippen molar-refractivity contribution in [3.05, 3.63) is 0 Å². The Morgan fingerprint density at radius 2 is 0.625 bits per heavy atom. The van der Waals surface area contributed by atoms with Crippen LogP contribution in [0.1, 0.15) is 0 Å². The van der Waals surface area contributed by atoms with E-state index in [1.165, 1.54) is 0 Å². The van der Waals surface area contributed by atoms with Crippen molar-refractivity contribution >= 4 is 51.4 Å². The fourth-order valence-electron chi connectivity index (χ4n) is 0. The Bertz CT molecular complexity index is 67.1. The normalized spacial score (nSPS) is 20.2. The van der Waals surface area contributed by atoms with Crippen molar-refractivity contribution in [3.63, 3.8) is 0 Å². The van der Waals surface area contributed by atoms with Crippen LogP contribution >= 0.6 is 0 Å². The van der Waals surface area contributed by atoms with Crippen LogP contribution in [0.15, 0.2) is 0 Å². The monoisotopic (exact) mass is 334 g/mol. The first-order chi connectivity index (χ1) is 2.45. The summed E-state index contributed by atoms with van der Waals surface area (Å²) in [6.45, 7) is 0. The van der Waals surface area contributed by atoms with E-state index in [-0.39, 0.29) is 51.4 Å². The zero-order valence-electron chi connectivity index (χ0n) is 2.77. The molecule has 0 nitrogen and oxygen atoms in total. The van der Waals surface area contributed by atoms with Gasteiger partial charge in [-0.3, -0.25) is 0 Å². The van der Waals surface area contributed by atoms with Crippen LogP contribution in [0.3, 0.4) is 0 Å². The Kier molecular flexibility index (Phi) is 3.24. The van der Waals surface area contributed by atoms with Crippen LogP contribution in [0.5, 0.6) is 0 Å². The van der Waals surface area contributed by atoms with Gasteiger partial charge in [-0.15, -0.1) is 0 Å². The van der Waals surface area contributed by atoms with Crippen LogP contribution in [0.2, 0.25) is 0 Å². The van der Waals surface area contributed by atoms with Crippen LogP contribution in [-0.2, 0) is 20.7 Å². The molecule has 0 spiro atoms.